The Morgan fingerprint density at radius 2 is 1.83 bits per heavy atom. The van der Waals surface area contributed by atoms with Crippen LogP contribution in [-0.4, -0.2) is 20.8 Å². The van der Waals surface area contributed by atoms with E-state index < -0.39 is 0 Å². The highest BCUT2D eigenvalue weighted by atomic mass is 16.2. The Morgan fingerprint density at radius 3 is 2.54 bits per heavy atom. The summed E-state index contributed by atoms with van der Waals surface area (Å²) in [6.45, 7) is 4.18. The molecule has 2 heterocycles. The Bertz CT molecular complexity index is 827. The van der Waals surface area contributed by atoms with E-state index in [1.807, 2.05) is 67.1 Å². The van der Waals surface area contributed by atoms with Gasteiger partial charge in [0.1, 0.15) is 0 Å². The van der Waals surface area contributed by atoms with Gasteiger partial charge in [0.25, 0.3) is 0 Å². The number of amides is 2. The zero-order valence-corrected chi connectivity index (χ0v) is 13.7. The molecule has 122 valence electrons. The van der Waals surface area contributed by atoms with E-state index in [9.17, 15) is 4.79 Å². The second-order valence-electron chi connectivity index (χ2n) is 5.42. The van der Waals surface area contributed by atoms with Crippen LogP contribution in [0.5, 0.6) is 0 Å². The Kier molecular flexibility index (Phi) is 4.56. The first-order chi connectivity index (χ1) is 11.6. The Morgan fingerprint density at radius 1 is 1.08 bits per heavy atom. The number of anilines is 1. The second kappa shape index (κ2) is 6.95. The van der Waals surface area contributed by atoms with E-state index in [4.69, 9.17) is 0 Å². The lowest BCUT2D eigenvalue weighted by Crippen LogP contribution is -2.28. The number of nitrogens with one attached hydrogen (secondary N) is 2. The normalized spacial score (nSPS) is 10.4. The molecule has 6 heteroatoms. The first kappa shape index (κ1) is 15.7. The molecule has 0 spiro atoms. The van der Waals surface area contributed by atoms with Crippen molar-refractivity contribution in [2.24, 2.45) is 0 Å². The van der Waals surface area contributed by atoms with Crippen molar-refractivity contribution in [1.82, 2.24) is 20.1 Å². The van der Waals surface area contributed by atoms with Gasteiger partial charge >= 0.3 is 6.03 Å². The lowest BCUT2D eigenvalue weighted by Gasteiger charge is -2.08. The van der Waals surface area contributed by atoms with E-state index in [2.05, 4.69) is 20.7 Å². The predicted octanol–water partition coefficient (Wildman–Crippen LogP) is 3.21. The number of aryl methyl sites for hydroxylation is 1. The monoisotopic (exact) mass is 321 g/mol. The standard InChI is InChI=1S/C18H19N5O/c1-13-17(14(2)23(22-13)16-9-4-3-5-10-16)21-18(24)20-12-15-8-6-7-11-19-15/h3-11H,12H2,1-2H3,(H2,20,21,24). The zero-order valence-electron chi connectivity index (χ0n) is 13.7. The van der Waals surface area contributed by atoms with Gasteiger partial charge in [-0.3, -0.25) is 4.98 Å². The number of benzene rings is 1. The highest BCUT2D eigenvalue weighted by Gasteiger charge is 2.15. The molecule has 3 aromatic rings. The van der Waals surface area contributed by atoms with E-state index in [0.29, 0.717) is 6.54 Å². The van der Waals surface area contributed by atoms with Crippen molar-refractivity contribution in [2.75, 3.05) is 5.32 Å². The van der Waals surface area contributed by atoms with Gasteiger partial charge in [0, 0.05) is 6.20 Å². The Labute approximate surface area is 140 Å². The summed E-state index contributed by atoms with van der Waals surface area (Å²) in [5.74, 6) is 0. The average molecular weight is 321 g/mol. The third-order valence-electron chi connectivity index (χ3n) is 3.69. The van der Waals surface area contributed by atoms with Crippen molar-refractivity contribution in [3.05, 3.63) is 71.8 Å². The van der Waals surface area contributed by atoms with E-state index in [1.54, 1.807) is 6.20 Å². The minimum Gasteiger partial charge on any atom is -0.332 e. The van der Waals surface area contributed by atoms with Crippen LogP contribution in [0.4, 0.5) is 10.5 Å². The van der Waals surface area contributed by atoms with Crippen molar-refractivity contribution < 1.29 is 4.79 Å². The smallest absolute Gasteiger partial charge is 0.319 e. The number of hydrogen-bond acceptors (Lipinski definition) is 3. The van der Waals surface area contributed by atoms with Crippen LogP contribution < -0.4 is 10.6 Å². The summed E-state index contributed by atoms with van der Waals surface area (Å²) in [6, 6.07) is 15.1. The molecule has 0 atom stereocenters. The number of aromatic nitrogens is 3. The molecule has 3 rings (SSSR count). The van der Waals surface area contributed by atoms with Crippen molar-refractivity contribution in [3.63, 3.8) is 0 Å². The number of urea groups is 1. The van der Waals surface area contributed by atoms with Gasteiger partial charge in [-0.1, -0.05) is 24.3 Å². The molecule has 0 fully saturated rings. The van der Waals surface area contributed by atoms with Crippen molar-refractivity contribution in [3.8, 4) is 5.69 Å². The van der Waals surface area contributed by atoms with Crippen LogP contribution in [0.15, 0.2) is 54.7 Å². The molecule has 0 aliphatic carbocycles. The number of rotatable bonds is 4. The summed E-state index contributed by atoms with van der Waals surface area (Å²) in [7, 11) is 0. The molecular weight excluding hydrogens is 302 g/mol. The summed E-state index contributed by atoms with van der Waals surface area (Å²) in [5, 5.41) is 10.2. The third kappa shape index (κ3) is 3.43. The number of pyridine rings is 1. The van der Waals surface area contributed by atoms with Gasteiger partial charge in [-0.2, -0.15) is 5.10 Å². The highest BCUT2D eigenvalue weighted by molar-refractivity contribution is 5.90. The van der Waals surface area contributed by atoms with Crippen molar-refractivity contribution in [2.45, 2.75) is 20.4 Å². The maximum atomic E-state index is 12.1. The van der Waals surface area contributed by atoms with E-state index >= 15 is 0 Å². The molecule has 0 aliphatic heterocycles. The minimum atomic E-state index is -0.278. The van der Waals surface area contributed by atoms with Gasteiger partial charge in [0.2, 0.25) is 0 Å². The molecule has 2 aromatic heterocycles. The van der Waals surface area contributed by atoms with Gasteiger partial charge in [-0.25, -0.2) is 9.48 Å². The number of carbonyl (C=O) groups is 1. The van der Waals surface area contributed by atoms with Crippen molar-refractivity contribution >= 4 is 11.7 Å². The van der Waals surface area contributed by atoms with Crippen LogP contribution in [0, 0.1) is 13.8 Å². The first-order valence-corrected chi connectivity index (χ1v) is 7.71. The van der Waals surface area contributed by atoms with Crippen molar-refractivity contribution in [1.29, 1.82) is 0 Å². The van der Waals surface area contributed by atoms with E-state index in [-0.39, 0.29) is 6.03 Å². The van der Waals surface area contributed by atoms with Gasteiger partial charge in [0.15, 0.2) is 0 Å². The molecule has 1 aromatic carbocycles. The largest absolute Gasteiger partial charge is 0.332 e. The summed E-state index contributed by atoms with van der Waals surface area (Å²) < 4.78 is 1.82. The lowest BCUT2D eigenvalue weighted by atomic mass is 10.3. The molecular formula is C18H19N5O. The first-order valence-electron chi connectivity index (χ1n) is 7.71. The highest BCUT2D eigenvalue weighted by Crippen LogP contribution is 2.22. The average Bonchev–Trinajstić information content (AvgIpc) is 2.90. The number of nitrogens with zero attached hydrogens (tertiary/aromatic N) is 3. The summed E-state index contributed by atoms with van der Waals surface area (Å²) in [6.07, 6.45) is 1.70. The predicted molar refractivity (Wildman–Crippen MR) is 93.1 cm³/mol. The molecule has 6 nitrogen and oxygen atoms in total. The molecule has 0 saturated carbocycles. The molecule has 0 unspecified atom stereocenters. The van der Waals surface area contributed by atoms with Crippen LogP contribution in [0.1, 0.15) is 17.1 Å². The maximum absolute atomic E-state index is 12.1. The van der Waals surface area contributed by atoms with E-state index in [0.717, 1.165) is 28.5 Å². The zero-order chi connectivity index (χ0) is 16.9. The maximum Gasteiger partial charge on any atom is 0.319 e. The Hall–Kier alpha value is -3.15. The third-order valence-corrected chi connectivity index (χ3v) is 3.69. The van der Waals surface area contributed by atoms with Gasteiger partial charge in [0.05, 0.1) is 35.0 Å². The van der Waals surface area contributed by atoms with Crippen LogP contribution in [0.3, 0.4) is 0 Å². The Balaban J connectivity index is 1.71. The number of carbonyl (C=O) groups excluding carboxylic acids is 1. The lowest BCUT2D eigenvalue weighted by molar-refractivity contribution is 0.251. The summed E-state index contributed by atoms with van der Waals surface area (Å²) in [5.41, 5.74) is 4.13. The van der Waals surface area contributed by atoms with Gasteiger partial charge in [-0.15, -0.1) is 0 Å². The van der Waals surface area contributed by atoms with Crippen LogP contribution >= 0.6 is 0 Å². The minimum absolute atomic E-state index is 0.278. The summed E-state index contributed by atoms with van der Waals surface area (Å²) in [4.78, 5) is 16.3. The quantitative estimate of drug-likeness (QED) is 0.775. The molecule has 2 N–H and O–H groups in total. The van der Waals surface area contributed by atoms with Crippen LogP contribution in [0.25, 0.3) is 5.69 Å². The molecule has 0 radical (unpaired) electrons. The van der Waals surface area contributed by atoms with Crippen LogP contribution in [0.2, 0.25) is 0 Å². The van der Waals surface area contributed by atoms with Gasteiger partial charge in [-0.05, 0) is 38.1 Å². The van der Waals surface area contributed by atoms with Gasteiger partial charge < -0.3 is 10.6 Å². The van der Waals surface area contributed by atoms with Crippen LogP contribution in [-0.2, 0) is 6.54 Å². The number of para-hydroxylation sites is 1. The molecule has 2 amide bonds. The second-order valence-corrected chi connectivity index (χ2v) is 5.42. The fourth-order valence-electron chi connectivity index (χ4n) is 2.48. The fourth-order valence-corrected chi connectivity index (χ4v) is 2.48. The number of hydrogen-bond donors (Lipinski definition) is 2. The molecule has 0 aliphatic rings. The fraction of sp³-hybridized carbons (Fsp3) is 0.167. The molecule has 0 bridgehead atoms. The SMILES string of the molecule is Cc1nn(-c2ccccc2)c(C)c1NC(=O)NCc1ccccn1. The topological polar surface area (TPSA) is 71.8 Å². The molecule has 24 heavy (non-hydrogen) atoms. The summed E-state index contributed by atoms with van der Waals surface area (Å²) >= 11 is 0. The van der Waals surface area contributed by atoms with E-state index in [1.165, 1.54) is 0 Å². The molecule has 0 saturated heterocycles.